The standard InChI is InChI=1S/C15H20N2O3S2/c1-10-8-13(20-16-10)14-9-15(12(3)21-14)22(18,19)17-7-5-4-6-11(17)2/h8-9,11H,4-7H2,1-3H3/t11-/m1/s1. The normalized spacial score (nSPS) is 20.4. The van der Waals surface area contributed by atoms with Gasteiger partial charge in [-0.25, -0.2) is 8.42 Å². The highest BCUT2D eigenvalue weighted by Gasteiger charge is 2.33. The quantitative estimate of drug-likeness (QED) is 0.856. The van der Waals surface area contributed by atoms with Gasteiger partial charge in [-0.2, -0.15) is 4.31 Å². The number of hydrogen-bond acceptors (Lipinski definition) is 5. The number of thiophene rings is 1. The predicted octanol–water partition coefficient (Wildman–Crippen LogP) is 3.58. The Bertz CT molecular complexity index is 777. The van der Waals surface area contributed by atoms with Crippen molar-refractivity contribution < 1.29 is 12.9 Å². The molecular formula is C15H20N2O3S2. The van der Waals surface area contributed by atoms with Gasteiger partial charge in [0.1, 0.15) is 0 Å². The summed E-state index contributed by atoms with van der Waals surface area (Å²) in [5, 5.41) is 3.87. The number of piperidine rings is 1. The molecule has 0 unspecified atom stereocenters. The van der Waals surface area contributed by atoms with Gasteiger partial charge in [0.15, 0.2) is 5.76 Å². The minimum Gasteiger partial charge on any atom is -0.355 e. The summed E-state index contributed by atoms with van der Waals surface area (Å²) in [6, 6.07) is 3.61. The summed E-state index contributed by atoms with van der Waals surface area (Å²) in [4.78, 5) is 2.00. The van der Waals surface area contributed by atoms with E-state index in [0.717, 1.165) is 34.7 Å². The van der Waals surface area contributed by atoms with Gasteiger partial charge in [0, 0.05) is 23.5 Å². The summed E-state index contributed by atoms with van der Waals surface area (Å²) in [7, 11) is -3.44. The first-order valence-corrected chi connectivity index (χ1v) is 9.71. The first-order chi connectivity index (χ1) is 10.4. The third-order valence-corrected chi connectivity index (χ3v) is 7.41. The Morgan fingerprint density at radius 2 is 2.09 bits per heavy atom. The first kappa shape index (κ1) is 15.7. The second-order valence-corrected chi connectivity index (χ2v) is 8.94. The molecule has 0 aromatic carbocycles. The maximum atomic E-state index is 13.0. The van der Waals surface area contributed by atoms with Gasteiger partial charge in [-0.1, -0.05) is 11.6 Å². The van der Waals surface area contributed by atoms with Crippen molar-refractivity contribution in [3.8, 4) is 10.6 Å². The Labute approximate surface area is 135 Å². The summed E-state index contributed by atoms with van der Waals surface area (Å²) in [5.41, 5.74) is 0.787. The van der Waals surface area contributed by atoms with Gasteiger partial charge < -0.3 is 4.52 Å². The van der Waals surface area contributed by atoms with Gasteiger partial charge in [-0.05, 0) is 39.7 Å². The fourth-order valence-electron chi connectivity index (χ4n) is 2.88. The molecule has 0 radical (unpaired) electrons. The van der Waals surface area contributed by atoms with E-state index in [9.17, 15) is 8.42 Å². The Hall–Kier alpha value is -1.18. The highest BCUT2D eigenvalue weighted by Crippen LogP contribution is 2.36. The monoisotopic (exact) mass is 340 g/mol. The predicted molar refractivity (Wildman–Crippen MR) is 86.5 cm³/mol. The SMILES string of the molecule is Cc1cc(-c2cc(S(=O)(=O)N3CCCC[C@H]3C)c(C)s2)on1. The van der Waals surface area contributed by atoms with Gasteiger partial charge in [0.05, 0.1) is 15.5 Å². The van der Waals surface area contributed by atoms with Gasteiger partial charge in [0.2, 0.25) is 10.0 Å². The highest BCUT2D eigenvalue weighted by atomic mass is 32.2. The summed E-state index contributed by atoms with van der Waals surface area (Å²) in [6.45, 7) is 6.29. The Morgan fingerprint density at radius 1 is 1.32 bits per heavy atom. The van der Waals surface area contributed by atoms with Crippen molar-refractivity contribution in [1.82, 2.24) is 9.46 Å². The second-order valence-electron chi connectivity index (χ2n) is 5.82. The highest BCUT2D eigenvalue weighted by molar-refractivity contribution is 7.89. The van der Waals surface area contributed by atoms with Gasteiger partial charge in [-0.3, -0.25) is 0 Å². The second kappa shape index (κ2) is 5.79. The molecule has 1 saturated heterocycles. The molecule has 3 rings (SSSR count). The lowest BCUT2D eigenvalue weighted by Crippen LogP contribution is -2.41. The zero-order valence-corrected chi connectivity index (χ0v) is 14.6. The molecule has 7 heteroatoms. The van der Waals surface area contributed by atoms with Crippen LogP contribution < -0.4 is 0 Å². The molecule has 0 saturated carbocycles. The van der Waals surface area contributed by atoms with Crippen molar-refractivity contribution >= 4 is 21.4 Å². The van der Waals surface area contributed by atoms with Crippen LogP contribution >= 0.6 is 11.3 Å². The fourth-order valence-corrected chi connectivity index (χ4v) is 6.09. The minimum atomic E-state index is -3.44. The topological polar surface area (TPSA) is 63.4 Å². The van der Waals surface area contributed by atoms with Crippen LogP contribution in [0.3, 0.4) is 0 Å². The zero-order valence-electron chi connectivity index (χ0n) is 13.0. The number of hydrogen-bond donors (Lipinski definition) is 0. The third-order valence-electron chi connectivity index (χ3n) is 4.07. The maximum Gasteiger partial charge on any atom is 0.244 e. The van der Waals surface area contributed by atoms with Crippen LogP contribution in [0.15, 0.2) is 21.6 Å². The van der Waals surface area contributed by atoms with Crippen LogP contribution in [0.4, 0.5) is 0 Å². The molecule has 1 fully saturated rings. The summed E-state index contributed by atoms with van der Waals surface area (Å²) < 4.78 is 32.8. The number of rotatable bonds is 3. The van der Waals surface area contributed by atoms with Crippen LogP contribution in [-0.2, 0) is 10.0 Å². The molecule has 1 atom stereocenters. The Balaban J connectivity index is 1.99. The maximum absolute atomic E-state index is 13.0. The molecule has 5 nitrogen and oxygen atoms in total. The number of aromatic nitrogens is 1. The van der Waals surface area contributed by atoms with E-state index in [0.29, 0.717) is 17.2 Å². The lowest BCUT2D eigenvalue weighted by atomic mass is 10.1. The summed E-state index contributed by atoms with van der Waals surface area (Å²) in [5.74, 6) is 0.624. The van der Waals surface area contributed by atoms with Crippen molar-refractivity contribution in [3.63, 3.8) is 0 Å². The molecule has 0 aliphatic carbocycles. The summed E-state index contributed by atoms with van der Waals surface area (Å²) >= 11 is 1.43. The van der Waals surface area contributed by atoms with Crippen molar-refractivity contribution in [2.24, 2.45) is 0 Å². The number of sulfonamides is 1. The van der Waals surface area contributed by atoms with E-state index in [4.69, 9.17) is 4.52 Å². The molecule has 2 aromatic rings. The van der Waals surface area contributed by atoms with Gasteiger partial charge in [0.25, 0.3) is 0 Å². The lowest BCUT2D eigenvalue weighted by Gasteiger charge is -2.32. The van der Waals surface area contributed by atoms with E-state index in [1.807, 2.05) is 26.8 Å². The minimum absolute atomic E-state index is 0.0639. The van der Waals surface area contributed by atoms with Gasteiger partial charge in [-0.15, -0.1) is 11.3 Å². The molecule has 1 aliphatic heterocycles. The van der Waals surface area contributed by atoms with Crippen LogP contribution in [0.25, 0.3) is 10.6 Å². The number of aryl methyl sites for hydroxylation is 2. The molecule has 0 bridgehead atoms. The van der Waals surface area contributed by atoms with Crippen LogP contribution in [0.2, 0.25) is 0 Å². The molecule has 0 spiro atoms. The van der Waals surface area contributed by atoms with E-state index in [2.05, 4.69) is 5.16 Å². The Kier molecular flexibility index (Phi) is 4.13. The van der Waals surface area contributed by atoms with Crippen molar-refractivity contribution in [1.29, 1.82) is 0 Å². The molecule has 22 heavy (non-hydrogen) atoms. The van der Waals surface area contributed by atoms with E-state index >= 15 is 0 Å². The zero-order chi connectivity index (χ0) is 15.9. The van der Waals surface area contributed by atoms with Crippen LogP contribution in [0, 0.1) is 13.8 Å². The largest absolute Gasteiger partial charge is 0.355 e. The molecule has 0 amide bonds. The molecule has 1 aliphatic rings. The van der Waals surface area contributed by atoms with E-state index < -0.39 is 10.0 Å². The molecule has 3 heterocycles. The van der Waals surface area contributed by atoms with Crippen molar-refractivity contribution in [2.75, 3.05) is 6.54 Å². The van der Waals surface area contributed by atoms with E-state index in [-0.39, 0.29) is 6.04 Å². The van der Waals surface area contributed by atoms with Crippen LogP contribution in [0.5, 0.6) is 0 Å². The molecule has 2 aromatic heterocycles. The molecule has 120 valence electrons. The first-order valence-electron chi connectivity index (χ1n) is 7.45. The molecule has 0 N–H and O–H groups in total. The molecular weight excluding hydrogens is 320 g/mol. The smallest absolute Gasteiger partial charge is 0.244 e. The van der Waals surface area contributed by atoms with E-state index in [1.165, 1.54) is 11.3 Å². The van der Waals surface area contributed by atoms with Crippen molar-refractivity contribution in [2.45, 2.75) is 51.0 Å². The summed E-state index contributed by atoms with van der Waals surface area (Å²) in [6.07, 6.45) is 2.95. The Morgan fingerprint density at radius 3 is 2.73 bits per heavy atom. The average molecular weight is 340 g/mol. The van der Waals surface area contributed by atoms with Crippen LogP contribution in [-0.4, -0.2) is 30.5 Å². The lowest BCUT2D eigenvalue weighted by molar-refractivity contribution is 0.268. The van der Waals surface area contributed by atoms with Crippen molar-refractivity contribution in [3.05, 3.63) is 22.7 Å². The number of nitrogens with zero attached hydrogens (tertiary/aromatic N) is 2. The van der Waals surface area contributed by atoms with Gasteiger partial charge >= 0.3 is 0 Å². The third kappa shape index (κ3) is 2.73. The van der Waals surface area contributed by atoms with E-state index in [1.54, 1.807) is 10.4 Å². The fraction of sp³-hybridized carbons (Fsp3) is 0.533. The van der Waals surface area contributed by atoms with Crippen LogP contribution in [0.1, 0.15) is 36.8 Å². The average Bonchev–Trinajstić information content (AvgIpc) is 3.05.